The van der Waals surface area contributed by atoms with E-state index in [2.05, 4.69) is 9.97 Å². The number of benzene rings is 2. The van der Waals surface area contributed by atoms with Crippen LogP contribution in [0.5, 0.6) is 11.5 Å². The lowest BCUT2D eigenvalue weighted by atomic mass is 10.2. The first-order valence-corrected chi connectivity index (χ1v) is 11.8. The van der Waals surface area contributed by atoms with E-state index in [4.69, 9.17) is 9.47 Å². The summed E-state index contributed by atoms with van der Waals surface area (Å²) in [6.07, 6.45) is 0.703. The molecule has 174 valence electrons. The summed E-state index contributed by atoms with van der Waals surface area (Å²) in [6, 6.07) is 11.3. The van der Waals surface area contributed by atoms with E-state index < -0.39 is 15.9 Å². The number of rotatable bonds is 6. The lowest BCUT2D eigenvalue weighted by Gasteiger charge is -2.22. The van der Waals surface area contributed by atoms with E-state index in [1.165, 1.54) is 31.1 Å². The maximum absolute atomic E-state index is 13.0. The Morgan fingerprint density at radius 1 is 1.09 bits per heavy atom. The molecule has 11 heteroatoms. The number of nitrogens with one attached hydrogen (secondary N) is 1. The second-order valence-corrected chi connectivity index (χ2v) is 9.74. The van der Waals surface area contributed by atoms with E-state index in [-0.39, 0.29) is 23.5 Å². The van der Waals surface area contributed by atoms with Gasteiger partial charge in [0.1, 0.15) is 5.82 Å². The summed E-state index contributed by atoms with van der Waals surface area (Å²) >= 11 is 0. The number of aromatic amines is 1. The Morgan fingerprint density at radius 3 is 2.61 bits per heavy atom. The molecule has 3 aromatic rings. The average Bonchev–Trinajstić information content (AvgIpc) is 3.04. The topological polar surface area (TPSA) is 122 Å². The molecule has 4 rings (SSSR count). The minimum atomic E-state index is -3.94. The van der Waals surface area contributed by atoms with Crippen molar-refractivity contribution in [2.75, 3.05) is 33.9 Å². The van der Waals surface area contributed by atoms with Crippen LogP contribution in [0.25, 0.3) is 10.9 Å². The molecule has 0 unspecified atom stereocenters. The van der Waals surface area contributed by atoms with E-state index in [0.717, 1.165) is 4.31 Å². The summed E-state index contributed by atoms with van der Waals surface area (Å²) in [4.78, 5) is 33.3. The van der Waals surface area contributed by atoms with Gasteiger partial charge in [0, 0.05) is 26.6 Å². The molecular formula is C22H24N4O6S. The summed E-state index contributed by atoms with van der Waals surface area (Å²) in [5, 5.41) is 0.455. The number of amides is 1. The molecule has 0 fully saturated rings. The highest BCUT2D eigenvalue weighted by atomic mass is 32.2. The van der Waals surface area contributed by atoms with Crippen molar-refractivity contribution >= 4 is 26.8 Å². The Labute approximate surface area is 190 Å². The van der Waals surface area contributed by atoms with Crippen LogP contribution in [0.4, 0.5) is 0 Å². The van der Waals surface area contributed by atoms with Gasteiger partial charge in [-0.25, -0.2) is 13.4 Å². The van der Waals surface area contributed by atoms with Gasteiger partial charge in [0.05, 0.1) is 42.1 Å². The molecule has 33 heavy (non-hydrogen) atoms. The standard InChI is InChI=1S/C22H24N4O6S/c1-25(13-20-23-17-7-4-3-6-16(17)22(28)24-20)21(27)14-26(2)33(29,30)15-8-9-18-19(12-15)32-11-5-10-31-18/h3-4,6-9,12H,5,10-11,13-14H2,1-2H3,(H,23,24,28). The fourth-order valence-corrected chi connectivity index (χ4v) is 4.54. The van der Waals surface area contributed by atoms with Crippen LogP contribution < -0.4 is 15.0 Å². The van der Waals surface area contributed by atoms with Crippen LogP contribution in [-0.2, 0) is 21.4 Å². The SMILES string of the molecule is CN(Cc1nc2ccccc2c(=O)[nH]1)C(=O)CN(C)S(=O)(=O)c1ccc2c(c1)OCCCO2. The van der Waals surface area contributed by atoms with Gasteiger partial charge < -0.3 is 19.4 Å². The second kappa shape index (κ2) is 9.20. The van der Waals surface area contributed by atoms with Gasteiger partial charge in [-0.15, -0.1) is 0 Å². The van der Waals surface area contributed by atoms with Crippen molar-refractivity contribution < 1.29 is 22.7 Å². The number of ether oxygens (including phenoxy) is 2. The highest BCUT2D eigenvalue weighted by Crippen LogP contribution is 2.32. The van der Waals surface area contributed by atoms with Crippen LogP contribution >= 0.6 is 0 Å². The third kappa shape index (κ3) is 4.83. The molecule has 1 N–H and O–H groups in total. The molecule has 0 saturated carbocycles. The maximum Gasteiger partial charge on any atom is 0.258 e. The highest BCUT2D eigenvalue weighted by Gasteiger charge is 2.26. The van der Waals surface area contributed by atoms with Gasteiger partial charge in [0.2, 0.25) is 15.9 Å². The molecule has 2 heterocycles. The molecule has 0 bridgehead atoms. The van der Waals surface area contributed by atoms with Crippen molar-refractivity contribution in [2.24, 2.45) is 0 Å². The third-order valence-electron chi connectivity index (χ3n) is 5.26. The van der Waals surface area contributed by atoms with Gasteiger partial charge in [-0.05, 0) is 24.3 Å². The molecule has 1 amide bonds. The predicted octanol–water partition coefficient (Wildman–Crippen LogP) is 1.36. The molecule has 0 spiro atoms. The lowest BCUT2D eigenvalue weighted by molar-refractivity contribution is -0.130. The Morgan fingerprint density at radius 2 is 1.82 bits per heavy atom. The summed E-state index contributed by atoms with van der Waals surface area (Å²) in [5.74, 6) is 0.702. The van der Waals surface area contributed by atoms with E-state index in [1.54, 1.807) is 30.3 Å². The molecule has 2 aromatic carbocycles. The molecule has 10 nitrogen and oxygen atoms in total. The summed E-state index contributed by atoms with van der Waals surface area (Å²) in [6.45, 7) is 0.569. The monoisotopic (exact) mass is 472 g/mol. The van der Waals surface area contributed by atoms with E-state index >= 15 is 0 Å². The summed E-state index contributed by atoms with van der Waals surface area (Å²) in [5.41, 5.74) is 0.219. The molecular weight excluding hydrogens is 448 g/mol. The number of para-hydroxylation sites is 1. The fourth-order valence-electron chi connectivity index (χ4n) is 3.40. The molecule has 0 atom stereocenters. The number of hydrogen-bond donors (Lipinski definition) is 1. The van der Waals surface area contributed by atoms with Crippen molar-refractivity contribution in [1.29, 1.82) is 0 Å². The number of sulfonamides is 1. The number of carbonyl (C=O) groups excluding carboxylic acids is 1. The lowest BCUT2D eigenvalue weighted by Crippen LogP contribution is -2.39. The van der Waals surface area contributed by atoms with Crippen LogP contribution in [0.2, 0.25) is 0 Å². The Hall–Kier alpha value is -3.44. The number of carbonyl (C=O) groups is 1. The first-order valence-electron chi connectivity index (χ1n) is 10.3. The maximum atomic E-state index is 13.0. The van der Waals surface area contributed by atoms with Gasteiger partial charge >= 0.3 is 0 Å². The number of likely N-dealkylation sites (N-methyl/N-ethyl adjacent to an activating group) is 2. The largest absolute Gasteiger partial charge is 0.490 e. The third-order valence-corrected chi connectivity index (χ3v) is 7.06. The van der Waals surface area contributed by atoms with E-state index in [1.807, 2.05) is 0 Å². The highest BCUT2D eigenvalue weighted by molar-refractivity contribution is 7.89. The smallest absolute Gasteiger partial charge is 0.258 e. The molecule has 0 saturated heterocycles. The Kier molecular flexibility index (Phi) is 6.34. The number of H-pyrrole nitrogens is 1. The summed E-state index contributed by atoms with van der Waals surface area (Å²) in [7, 11) is -1.09. The molecule has 1 aliphatic heterocycles. The predicted molar refractivity (Wildman–Crippen MR) is 121 cm³/mol. The zero-order chi connectivity index (χ0) is 23.6. The van der Waals surface area contributed by atoms with Crippen molar-refractivity contribution in [3.63, 3.8) is 0 Å². The van der Waals surface area contributed by atoms with Crippen molar-refractivity contribution in [2.45, 2.75) is 17.9 Å². The molecule has 0 aliphatic carbocycles. The minimum Gasteiger partial charge on any atom is -0.490 e. The molecule has 1 aromatic heterocycles. The van der Waals surface area contributed by atoms with Crippen LogP contribution in [0.3, 0.4) is 0 Å². The van der Waals surface area contributed by atoms with Gasteiger partial charge in [-0.1, -0.05) is 12.1 Å². The average molecular weight is 473 g/mol. The van der Waals surface area contributed by atoms with Gasteiger partial charge in [0.15, 0.2) is 11.5 Å². The Balaban J connectivity index is 1.46. The Bertz CT molecular complexity index is 1350. The first kappa shape index (κ1) is 22.7. The van der Waals surface area contributed by atoms with Gasteiger partial charge in [-0.2, -0.15) is 4.31 Å². The van der Waals surface area contributed by atoms with E-state index in [0.29, 0.717) is 47.9 Å². The van der Waals surface area contributed by atoms with Crippen molar-refractivity contribution in [3.8, 4) is 11.5 Å². The van der Waals surface area contributed by atoms with Gasteiger partial charge in [0.25, 0.3) is 5.56 Å². The summed E-state index contributed by atoms with van der Waals surface area (Å²) < 4.78 is 38.1. The van der Waals surface area contributed by atoms with E-state index in [9.17, 15) is 18.0 Å². The van der Waals surface area contributed by atoms with Crippen LogP contribution in [0, 0.1) is 0 Å². The quantitative estimate of drug-likeness (QED) is 0.575. The fraction of sp³-hybridized carbons (Fsp3) is 0.318. The van der Waals surface area contributed by atoms with Crippen LogP contribution in [0.1, 0.15) is 12.2 Å². The van der Waals surface area contributed by atoms with Crippen molar-refractivity contribution in [1.82, 2.24) is 19.2 Å². The number of nitrogens with zero attached hydrogens (tertiary/aromatic N) is 3. The van der Waals surface area contributed by atoms with Crippen molar-refractivity contribution in [3.05, 3.63) is 58.6 Å². The second-order valence-electron chi connectivity index (χ2n) is 7.70. The number of fused-ring (bicyclic) bond motifs is 2. The molecule has 1 aliphatic rings. The number of hydrogen-bond acceptors (Lipinski definition) is 7. The van der Waals surface area contributed by atoms with Crippen LogP contribution in [0.15, 0.2) is 52.2 Å². The number of aromatic nitrogens is 2. The first-order chi connectivity index (χ1) is 15.8. The van der Waals surface area contributed by atoms with Gasteiger partial charge in [-0.3, -0.25) is 9.59 Å². The molecule has 0 radical (unpaired) electrons. The zero-order valence-corrected chi connectivity index (χ0v) is 19.1. The minimum absolute atomic E-state index is 0.00484. The normalized spacial score (nSPS) is 13.7. The van der Waals surface area contributed by atoms with Crippen LogP contribution in [-0.4, -0.2) is 67.4 Å². The zero-order valence-electron chi connectivity index (χ0n) is 18.3.